The van der Waals surface area contributed by atoms with Gasteiger partial charge in [0.2, 0.25) is 0 Å². The van der Waals surface area contributed by atoms with Crippen LogP contribution in [0.25, 0.3) is 0 Å². The highest BCUT2D eigenvalue weighted by Crippen LogP contribution is 2.24. The van der Waals surface area contributed by atoms with Crippen molar-refractivity contribution in [2.24, 2.45) is 0 Å². The number of hydrogen-bond acceptors (Lipinski definition) is 1. The van der Waals surface area contributed by atoms with Gasteiger partial charge in [0.25, 0.3) is 5.91 Å². The van der Waals surface area contributed by atoms with E-state index in [2.05, 4.69) is 31.9 Å². The Morgan fingerprint density at radius 1 is 1.15 bits per heavy atom. The fraction of sp³-hybridized carbons (Fsp3) is 0.133. The Hall–Kier alpha value is -1.20. The molecular formula is C15H12Br2FNO. The van der Waals surface area contributed by atoms with Gasteiger partial charge in [0.15, 0.2) is 0 Å². The Bertz CT molecular complexity index is 625. The first-order chi connectivity index (χ1) is 9.52. The van der Waals surface area contributed by atoms with E-state index >= 15 is 0 Å². The molecule has 0 aliphatic rings. The Balaban J connectivity index is 2.42. The number of carbonyl (C=O) groups is 1. The zero-order valence-electron chi connectivity index (χ0n) is 10.7. The number of halogens is 3. The largest absolute Gasteiger partial charge is 0.306 e. The molecule has 0 spiro atoms. The maximum atomic E-state index is 13.8. The molecule has 1 amide bonds. The summed E-state index contributed by atoms with van der Waals surface area (Å²) in [5.74, 6) is -0.642. The van der Waals surface area contributed by atoms with Crippen molar-refractivity contribution in [2.75, 3.05) is 11.4 Å². The molecule has 0 radical (unpaired) electrons. The van der Waals surface area contributed by atoms with E-state index in [9.17, 15) is 9.18 Å². The van der Waals surface area contributed by atoms with Crippen molar-refractivity contribution >= 4 is 43.5 Å². The second-order valence-electron chi connectivity index (χ2n) is 4.16. The molecule has 0 aliphatic heterocycles. The van der Waals surface area contributed by atoms with Crippen LogP contribution in [-0.4, -0.2) is 12.5 Å². The average molecular weight is 401 g/mol. The van der Waals surface area contributed by atoms with Gasteiger partial charge in [-0.15, -0.1) is 0 Å². The molecule has 5 heteroatoms. The summed E-state index contributed by atoms with van der Waals surface area (Å²) in [5, 5.41) is 0. The predicted octanol–water partition coefficient (Wildman–Crippen LogP) is 5.02. The average Bonchev–Trinajstić information content (AvgIpc) is 2.40. The zero-order chi connectivity index (χ0) is 14.7. The van der Waals surface area contributed by atoms with Crippen LogP contribution in [0.1, 0.15) is 17.3 Å². The normalized spacial score (nSPS) is 10.4. The first kappa shape index (κ1) is 15.2. The van der Waals surface area contributed by atoms with Gasteiger partial charge in [-0.2, -0.15) is 0 Å². The van der Waals surface area contributed by atoms with Gasteiger partial charge in [-0.25, -0.2) is 4.39 Å². The van der Waals surface area contributed by atoms with Crippen molar-refractivity contribution in [1.82, 2.24) is 0 Å². The number of amides is 1. The van der Waals surface area contributed by atoms with Gasteiger partial charge < -0.3 is 4.90 Å². The lowest BCUT2D eigenvalue weighted by atomic mass is 10.1. The summed E-state index contributed by atoms with van der Waals surface area (Å²) in [6.07, 6.45) is 0. The highest BCUT2D eigenvalue weighted by Gasteiger charge is 2.19. The van der Waals surface area contributed by atoms with Gasteiger partial charge in [0, 0.05) is 21.1 Å². The van der Waals surface area contributed by atoms with Gasteiger partial charge in [-0.05, 0) is 37.3 Å². The summed E-state index contributed by atoms with van der Waals surface area (Å²) in [6, 6.07) is 11.5. The second-order valence-corrected chi connectivity index (χ2v) is 5.99. The number of hydrogen-bond donors (Lipinski definition) is 0. The second kappa shape index (κ2) is 6.50. The maximum Gasteiger partial charge on any atom is 0.258 e. The lowest BCUT2D eigenvalue weighted by Crippen LogP contribution is -2.31. The lowest BCUT2D eigenvalue weighted by molar-refractivity contribution is 0.0987. The van der Waals surface area contributed by atoms with E-state index in [1.165, 1.54) is 11.0 Å². The van der Waals surface area contributed by atoms with E-state index in [0.717, 1.165) is 8.95 Å². The predicted molar refractivity (Wildman–Crippen MR) is 85.6 cm³/mol. The first-order valence-corrected chi connectivity index (χ1v) is 7.64. The third-order valence-corrected chi connectivity index (χ3v) is 3.73. The molecule has 0 aromatic heterocycles. The number of carbonyl (C=O) groups excluding carboxylic acids is 1. The van der Waals surface area contributed by atoms with E-state index in [0.29, 0.717) is 12.1 Å². The molecule has 2 rings (SSSR count). The minimum Gasteiger partial charge on any atom is -0.306 e. The molecule has 2 aromatic rings. The Kier molecular flexibility index (Phi) is 4.94. The highest BCUT2D eigenvalue weighted by molar-refractivity contribution is 9.11. The van der Waals surface area contributed by atoms with E-state index in [4.69, 9.17) is 0 Å². The molecule has 0 atom stereocenters. The molecule has 0 heterocycles. The minimum absolute atomic E-state index is 0.236. The van der Waals surface area contributed by atoms with Gasteiger partial charge in [-0.3, -0.25) is 4.79 Å². The third kappa shape index (κ3) is 3.27. The van der Waals surface area contributed by atoms with Crippen molar-refractivity contribution in [2.45, 2.75) is 6.92 Å². The summed E-state index contributed by atoms with van der Waals surface area (Å²) in [6.45, 7) is 2.21. The summed E-state index contributed by atoms with van der Waals surface area (Å²) in [7, 11) is 0. The topological polar surface area (TPSA) is 20.3 Å². The fourth-order valence-corrected chi connectivity index (χ4v) is 3.22. The number of benzene rings is 2. The molecule has 0 bridgehead atoms. The Labute approximate surface area is 133 Å². The quantitative estimate of drug-likeness (QED) is 0.708. The van der Waals surface area contributed by atoms with Crippen molar-refractivity contribution in [3.8, 4) is 0 Å². The molecule has 0 unspecified atom stereocenters. The third-order valence-electron chi connectivity index (χ3n) is 2.81. The number of nitrogens with zero attached hydrogens (tertiary/aromatic N) is 1. The standard InChI is InChI=1S/C15H12Br2FNO/c1-2-19(14-6-4-3-5-13(14)18)15(20)10-7-11(16)9-12(17)8-10/h3-9H,2H2,1H3. The van der Waals surface area contributed by atoms with E-state index in [1.54, 1.807) is 30.3 Å². The van der Waals surface area contributed by atoms with Crippen LogP contribution in [0, 0.1) is 5.82 Å². The van der Waals surface area contributed by atoms with Crippen LogP contribution in [0.15, 0.2) is 51.4 Å². The molecule has 0 N–H and O–H groups in total. The molecule has 0 fully saturated rings. The van der Waals surface area contributed by atoms with Gasteiger partial charge in [0.05, 0.1) is 5.69 Å². The Morgan fingerprint density at radius 2 is 1.75 bits per heavy atom. The number of para-hydroxylation sites is 1. The summed E-state index contributed by atoms with van der Waals surface area (Å²) in [5.41, 5.74) is 0.785. The smallest absolute Gasteiger partial charge is 0.258 e. The van der Waals surface area contributed by atoms with Crippen molar-refractivity contribution in [3.63, 3.8) is 0 Å². The molecule has 0 aliphatic carbocycles. The minimum atomic E-state index is -0.406. The molecule has 104 valence electrons. The zero-order valence-corrected chi connectivity index (χ0v) is 13.9. The molecule has 2 aromatic carbocycles. The molecule has 0 saturated heterocycles. The molecule has 20 heavy (non-hydrogen) atoms. The monoisotopic (exact) mass is 399 g/mol. The van der Waals surface area contributed by atoms with Crippen LogP contribution in [0.5, 0.6) is 0 Å². The Morgan fingerprint density at radius 3 is 2.30 bits per heavy atom. The van der Waals surface area contributed by atoms with Gasteiger partial charge >= 0.3 is 0 Å². The fourth-order valence-electron chi connectivity index (χ4n) is 1.93. The first-order valence-electron chi connectivity index (χ1n) is 6.05. The van der Waals surface area contributed by atoms with Crippen LogP contribution in [0.2, 0.25) is 0 Å². The van der Waals surface area contributed by atoms with Gasteiger partial charge in [0.1, 0.15) is 5.82 Å². The van der Waals surface area contributed by atoms with Crippen molar-refractivity contribution < 1.29 is 9.18 Å². The summed E-state index contributed by atoms with van der Waals surface area (Å²) >= 11 is 6.70. The number of anilines is 1. The molecule has 0 saturated carbocycles. The van der Waals surface area contributed by atoms with E-state index in [-0.39, 0.29) is 11.6 Å². The van der Waals surface area contributed by atoms with Crippen LogP contribution in [0.4, 0.5) is 10.1 Å². The van der Waals surface area contributed by atoms with Crippen LogP contribution in [-0.2, 0) is 0 Å². The maximum absolute atomic E-state index is 13.8. The lowest BCUT2D eigenvalue weighted by Gasteiger charge is -2.21. The van der Waals surface area contributed by atoms with Crippen LogP contribution >= 0.6 is 31.9 Å². The summed E-state index contributed by atoms with van der Waals surface area (Å²) in [4.78, 5) is 14.0. The highest BCUT2D eigenvalue weighted by atomic mass is 79.9. The van der Waals surface area contributed by atoms with E-state index in [1.807, 2.05) is 13.0 Å². The van der Waals surface area contributed by atoms with Crippen LogP contribution in [0.3, 0.4) is 0 Å². The SMILES string of the molecule is CCN(C(=O)c1cc(Br)cc(Br)c1)c1ccccc1F. The molecular weight excluding hydrogens is 389 g/mol. The van der Waals surface area contributed by atoms with Crippen molar-refractivity contribution in [1.29, 1.82) is 0 Å². The molecule has 2 nitrogen and oxygen atoms in total. The van der Waals surface area contributed by atoms with Gasteiger partial charge in [-0.1, -0.05) is 44.0 Å². The van der Waals surface area contributed by atoms with Crippen molar-refractivity contribution in [3.05, 3.63) is 62.8 Å². The van der Waals surface area contributed by atoms with Crippen LogP contribution < -0.4 is 4.90 Å². The van der Waals surface area contributed by atoms with E-state index < -0.39 is 5.82 Å². The number of rotatable bonds is 3. The summed E-state index contributed by atoms with van der Waals surface area (Å²) < 4.78 is 15.4.